The third-order valence-corrected chi connectivity index (χ3v) is 2.85. The van der Waals surface area contributed by atoms with Gasteiger partial charge < -0.3 is 0 Å². The lowest BCUT2D eigenvalue weighted by molar-refractivity contribution is -0.118. The first-order chi connectivity index (χ1) is 7.27. The summed E-state index contributed by atoms with van der Waals surface area (Å²) < 4.78 is 0. The molecule has 1 aromatic rings. The fraction of sp³-hybridized carbons (Fsp3) is 0.385. The number of Topliss-reactive ketones (excluding diaryl/α,β-unsaturated/α-hetero) is 1. The van der Waals surface area contributed by atoms with Crippen LogP contribution in [0.1, 0.15) is 26.2 Å². The molecule has 2 heteroatoms. The lowest BCUT2D eigenvalue weighted by Gasteiger charge is -2.06. The van der Waals surface area contributed by atoms with Crippen molar-refractivity contribution in [3.05, 3.63) is 30.3 Å². The van der Waals surface area contributed by atoms with Crippen LogP contribution in [-0.2, 0) is 4.79 Å². The van der Waals surface area contributed by atoms with Gasteiger partial charge in [0.2, 0.25) is 0 Å². The van der Waals surface area contributed by atoms with E-state index in [1.807, 2.05) is 30.3 Å². The number of benzene rings is 1. The maximum atomic E-state index is 11.4. The van der Waals surface area contributed by atoms with Crippen LogP contribution in [0.25, 0.3) is 0 Å². The predicted molar refractivity (Wildman–Crippen MR) is 61.6 cm³/mol. The van der Waals surface area contributed by atoms with E-state index >= 15 is 0 Å². The highest BCUT2D eigenvalue weighted by molar-refractivity contribution is 6.06. The molecular weight excluding hydrogens is 186 g/mol. The molecule has 1 aromatic carbocycles. The SMILES string of the molecule is CC(=O)C1CCCC1=Nc1ccccc1. The molecule has 0 aliphatic heterocycles. The second kappa shape index (κ2) is 4.39. The van der Waals surface area contributed by atoms with Crippen LogP contribution in [-0.4, -0.2) is 11.5 Å². The Morgan fingerprint density at radius 3 is 2.73 bits per heavy atom. The van der Waals surface area contributed by atoms with Crippen LogP contribution in [0.4, 0.5) is 5.69 Å². The van der Waals surface area contributed by atoms with Crippen molar-refractivity contribution in [3.63, 3.8) is 0 Å². The van der Waals surface area contributed by atoms with Crippen molar-refractivity contribution >= 4 is 17.2 Å². The van der Waals surface area contributed by atoms with Gasteiger partial charge in [0.25, 0.3) is 0 Å². The molecule has 0 N–H and O–H groups in total. The van der Waals surface area contributed by atoms with Crippen molar-refractivity contribution in [2.45, 2.75) is 26.2 Å². The highest BCUT2D eigenvalue weighted by Gasteiger charge is 2.26. The molecule has 0 aromatic heterocycles. The molecule has 0 bridgehead atoms. The van der Waals surface area contributed by atoms with Gasteiger partial charge in [-0.05, 0) is 38.3 Å². The summed E-state index contributed by atoms with van der Waals surface area (Å²) >= 11 is 0. The predicted octanol–water partition coefficient (Wildman–Crippen LogP) is 3.15. The Balaban J connectivity index is 2.23. The number of nitrogens with zero attached hydrogens (tertiary/aromatic N) is 1. The molecule has 0 spiro atoms. The van der Waals surface area contributed by atoms with Crippen LogP contribution in [0.2, 0.25) is 0 Å². The van der Waals surface area contributed by atoms with E-state index in [2.05, 4.69) is 4.99 Å². The van der Waals surface area contributed by atoms with Gasteiger partial charge in [-0.2, -0.15) is 0 Å². The first-order valence-corrected chi connectivity index (χ1v) is 5.40. The second-order valence-electron chi connectivity index (χ2n) is 3.99. The normalized spacial score (nSPS) is 23.3. The largest absolute Gasteiger partial charge is 0.299 e. The first kappa shape index (κ1) is 10.1. The number of aliphatic imine (C=N–C) groups is 1. The highest BCUT2D eigenvalue weighted by Crippen LogP contribution is 2.26. The maximum absolute atomic E-state index is 11.4. The minimum absolute atomic E-state index is 0.0743. The quantitative estimate of drug-likeness (QED) is 0.722. The number of rotatable bonds is 2. The average molecular weight is 201 g/mol. The van der Waals surface area contributed by atoms with E-state index in [0.717, 1.165) is 30.7 Å². The summed E-state index contributed by atoms with van der Waals surface area (Å²) in [5.41, 5.74) is 2.02. The van der Waals surface area contributed by atoms with Gasteiger partial charge in [-0.1, -0.05) is 18.2 Å². The van der Waals surface area contributed by atoms with E-state index in [0.29, 0.717) is 0 Å². The van der Waals surface area contributed by atoms with Crippen LogP contribution in [0.3, 0.4) is 0 Å². The molecule has 0 heterocycles. The zero-order valence-corrected chi connectivity index (χ0v) is 8.94. The Morgan fingerprint density at radius 2 is 2.07 bits per heavy atom. The molecule has 0 radical (unpaired) electrons. The monoisotopic (exact) mass is 201 g/mol. The van der Waals surface area contributed by atoms with Crippen molar-refractivity contribution in [2.75, 3.05) is 0 Å². The van der Waals surface area contributed by atoms with Gasteiger partial charge in [0.1, 0.15) is 5.78 Å². The third-order valence-electron chi connectivity index (χ3n) is 2.85. The van der Waals surface area contributed by atoms with E-state index in [1.165, 1.54) is 0 Å². The summed E-state index contributed by atoms with van der Waals surface area (Å²) in [5, 5.41) is 0. The number of para-hydroxylation sites is 1. The Labute approximate surface area is 90.0 Å². The molecule has 1 aliphatic rings. The van der Waals surface area contributed by atoms with Crippen LogP contribution in [0.15, 0.2) is 35.3 Å². The van der Waals surface area contributed by atoms with Crippen molar-refractivity contribution in [3.8, 4) is 0 Å². The summed E-state index contributed by atoms with van der Waals surface area (Å²) in [4.78, 5) is 15.9. The number of carbonyl (C=O) groups excluding carboxylic acids is 1. The minimum atomic E-state index is 0.0743. The third kappa shape index (κ3) is 2.32. The van der Waals surface area contributed by atoms with Crippen molar-refractivity contribution in [2.24, 2.45) is 10.9 Å². The Morgan fingerprint density at radius 1 is 1.33 bits per heavy atom. The molecular formula is C13H15NO. The Hall–Kier alpha value is -1.44. The number of ketones is 1. The molecule has 0 amide bonds. The zero-order chi connectivity index (χ0) is 10.7. The van der Waals surface area contributed by atoms with Crippen molar-refractivity contribution < 1.29 is 4.79 Å². The topological polar surface area (TPSA) is 29.4 Å². The summed E-state index contributed by atoms with van der Waals surface area (Å²) in [5.74, 6) is 0.326. The summed E-state index contributed by atoms with van der Waals surface area (Å²) in [6.45, 7) is 1.66. The molecule has 1 fully saturated rings. The van der Waals surface area contributed by atoms with Gasteiger partial charge in [-0.3, -0.25) is 9.79 Å². The Kier molecular flexibility index (Phi) is 2.95. The lowest BCUT2D eigenvalue weighted by atomic mass is 10.0. The molecule has 1 atom stereocenters. The molecule has 15 heavy (non-hydrogen) atoms. The molecule has 1 aliphatic carbocycles. The molecule has 0 saturated heterocycles. The fourth-order valence-electron chi connectivity index (χ4n) is 2.07. The molecule has 1 unspecified atom stereocenters. The summed E-state index contributed by atoms with van der Waals surface area (Å²) in [6, 6.07) is 9.86. The van der Waals surface area contributed by atoms with Gasteiger partial charge in [0.15, 0.2) is 0 Å². The Bertz CT molecular complexity index is 381. The van der Waals surface area contributed by atoms with E-state index in [-0.39, 0.29) is 11.7 Å². The molecule has 2 rings (SSSR count). The standard InChI is InChI=1S/C13H15NO/c1-10(15)12-8-5-9-13(12)14-11-6-3-2-4-7-11/h2-4,6-7,12H,5,8-9H2,1H3. The summed E-state index contributed by atoms with van der Waals surface area (Å²) in [6.07, 6.45) is 3.04. The molecule has 2 nitrogen and oxygen atoms in total. The summed E-state index contributed by atoms with van der Waals surface area (Å²) in [7, 11) is 0. The lowest BCUT2D eigenvalue weighted by Crippen LogP contribution is -2.15. The van der Waals surface area contributed by atoms with Gasteiger partial charge in [-0.25, -0.2) is 0 Å². The van der Waals surface area contributed by atoms with Gasteiger partial charge in [0, 0.05) is 5.71 Å². The first-order valence-electron chi connectivity index (χ1n) is 5.40. The van der Waals surface area contributed by atoms with E-state index in [9.17, 15) is 4.79 Å². The fourth-order valence-corrected chi connectivity index (χ4v) is 2.07. The van der Waals surface area contributed by atoms with Gasteiger partial charge in [0.05, 0.1) is 11.6 Å². The smallest absolute Gasteiger partial charge is 0.138 e. The zero-order valence-electron chi connectivity index (χ0n) is 8.94. The minimum Gasteiger partial charge on any atom is -0.299 e. The maximum Gasteiger partial charge on any atom is 0.138 e. The van der Waals surface area contributed by atoms with Crippen LogP contribution >= 0.6 is 0 Å². The number of hydrogen-bond acceptors (Lipinski definition) is 2. The molecule has 1 saturated carbocycles. The average Bonchev–Trinajstić information content (AvgIpc) is 2.67. The van der Waals surface area contributed by atoms with E-state index in [1.54, 1.807) is 6.92 Å². The highest BCUT2D eigenvalue weighted by atomic mass is 16.1. The van der Waals surface area contributed by atoms with Crippen LogP contribution in [0.5, 0.6) is 0 Å². The van der Waals surface area contributed by atoms with E-state index in [4.69, 9.17) is 0 Å². The van der Waals surface area contributed by atoms with Gasteiger partial charge in [-0.15, -0.1) is 0 Å². The molecule has 78 valence electrons. The number of hydrogen-bond donors (Lipinski definition) is 0. The van der Waals surface area contributed by atoms with Crippen LogP contribution < -0.4 is 0 Å². The van der Waals surface area contributed by atoms with E-state index < -0.39 is 0 Å². The van der Waals surface area contributed by atoms with Crippen molar-refractivity contribution in [1.29, 1.82) is 0 Å². The number of carbonyl (C=O) groups is 1. The van der Waals surface area contributed by atoms with Crippen LogP contribution in [0, 0.1) is 5.92 Å². The van der Waals surface area contributed by atoms with Crippen molar-refractivity contribution in [1.82, 2.24) is 0 Å². The second-order valence-corrected chi connectivity index (χ2v) is 3.99. The van der Waals surface area contributed by atoms with Gasteiger partial charge >= 0.3 is 0 Å².